The molecule has 0 aliphatic heterocycles. The summed E-state index contributed by atoms with van der Waals surface area (Å²) in [6.45, 7) is 3.72. The number of carbonyl (C=O) groups is 2. The molecular formula is C18H20N2O3. The second-order valence-corrected chi connectivity index (χ2v) is 5.21. The molecule has 120 valence electrons. The minimum absolute atomic E-state index is 0.273. The van der Waals surface area contributed by atoms with Gasteiger partial charge in [0.15, 0.2) is 0 Å². The molecule has 0 aliphatic carbocycles. The van der Waals surface area contributed by atoms with Crippen LogP contribution < -0.4 is 4.90 Å². The zero-order valence-corrected chi connectivity index (χ0v) is 13.5. The van der Waals surface area contributed by atoms with Crippen LogP contribution in [-0.4, -0.2) is 30.0 Å². The topological polar surface area (TPSA) is 59.5 Å². The van der Waals surface area contributed by atoms with E-state index in [0.29, 0.717) is 17.7 Å². The van der Waals surface area contributed by atoms with E-state index >= 15 is 0 Å². The fraction of sp³-hybridized carbons (Fsp3) is 0.278. The number of anilines is 1. The number of aromatic nitrogens is 1. The van der Waals surface area contributed by atoms with Crippen LogP contribution in [0.5, 0.6) is 0 Å². The minimum atomic E-state index is -0.685. The summed E-state index contributed by atoms with van der Waals surface area (Å²) in [5.74, 6) is -0.713. The molecule has 23 heavy (non-hydrogen) atoms. The number of methoxy groups -OCH3 is 1. The van der Waals surface area contributed by atoms with Crippen molar-refractivity contribution in [2.24, 2.45) is 0 Å². The number of benzene rings is 1. The molecule has 1 atom stereocenters. The smallest absolute Gasteiger partial charge is 0.328 e. The third kappa shape index (κ3) is 3.74. The average Bonchev–Trinajstić information content (AvgIpc) is 2.59. The molecule has 0 radical (unpaired) electrons. The lowest BCUT2D eigenvalue weighted by Gasteiger charge is -2.29. The summed E-state index contributed by atoms with van der Waals surface area (Å²) in [5, 5.41) is 0. The van der Waals surface area contributed by atoms with Crippen LogP contribution in [0.1, 0.15) is 29.3 Å². The van der Waals surface area contributed by atoms with Crippen molar-refractivity contribution < 1.29 is 14.3 Å². The number of esters is 1. The summed E-state index contributed by atoms with van der Waals surface area (Å²) in [4.78, 5) is 30.7. The molecule has 0 N–H and O–H groups in total. The van der Waals surface area contributed by atoms with Gasteiger partial charge in [-0.15, -0.1) is 0 Å². The first-order valence-corrected chi connectivity index (χ1v) is 7.46. The normalized spacial score (nSPS) is 11.6. The predicted molar refractivity (Wildman–Crippen MR) is 88.3 cm³/mol. The van der Waals surface area contributed by atoms with Crippen LogP contribution in [0.4, 0.5) is 5.69 Å². The van der Waals surface area contributed by atoms with Gasteiger partial charge < -0.3 is 4.74 Å². The van der Waals surface area contributed by atoms with Crippen LogP contribution in [-0.2, 0) is 9.53 Å². The molecular weight excluding hydrogens is 292 g/mol. The van der Waals surface area contributed by atoms with Crippen LogP contribution in [0.2, 0.25) is 0 Å². The molecule has 1 aromatic heterocycles. The summed E-state index contributed by atoms with van der Waals surface area (Å²) in [7, 11) is 1.33. The highest BCUT2D eigenvalue weighted by Gasteiger charge is 2.31. The van der Waals surface area contributed by atoms with Crippen molar-refractivity contribution in [1.82, 2.24) is 4.98 Å². The zero-order valence-electron chi connectivity index (χ0n) is 13.5. The lowest BCUT2D eigenvalue weighted by molar-refractivity contribution is -0.142. The van der Waals surface area contributed by atoms with E-state index in [1.54, 1.807) is 24.4 Å². The van der Waals surface area contributed by atoms with Crippen molar-refractivity contribution in [1.29, 1.82) is 0 Å². The molecule has 2 aromatic rings. The molecule has 1 amide bonds. The number of amides is 1. The third-order valence-electron chi connectivity index (χ3n) is 3.55. The third-order valence-corrected chi connectivity index (χ3v) is 3.55. The van der Waals surface area contributed by atoms with Gasteiger partial charge in [0.1, 0.15) is 6.04 Å². The van der Waals surface area contributed by atoms with Gasteiger partial charge in [0.2, 0.25) is 0 Å². The lowest BCUT2D eigenvalue weighted by atomic mass is 10.1. The number of pyridine rings is 1. The number of para-hydroxylation sites is 1. The first-order valence-electron chi connectivity index (χ1n) is 7.46. The van der Waals surface area contributed by atoms with E-state index in [1.165, 1.54) is 18.2 Å². The summed E-state index contributed by atoms with van der Waals surface area (Å²) in [6.07, 6.45) is 3.64. The Balaban J connectivity index is 2.49. The molecule has 5 heteroatoms. The van der Waals surface area contributed by atoms with Crippen molar-refractivity contribution >= 4 is 17.6 Å². The Hall–Kier alpha value is -2.69. The number of hydrogen-bond acceptors (Lipinski definition) is 4. The number of aryl methyl sites for hydroxylation is 1. The highest BCUT2D eigenvalue weighted by atomic mass is 16.5. The number of ether oxygens (including phenoxy) is 1. The van der Waals surface area contributed by atoms with Crippen LogP contribution in [0, 0.1) is 6.92 Å². The second kappa shape index (κ2) is 7.54. The fourth-order valence-corrected chi connectivity index (χ4v) is 2.43. The molecule has 0 saturated carbocycles. The van der Waals surface area contributed by atoms with Crippen LogP contribution >= 0.6 is 0 Å². The van der Waals surface area contributed by atoms with Gasteiger partial charge >= 0.3 is 5.97 Å². The Morgan fingerprint density at radius 1 is 1.22 bits per heavy atom. The van der Waals surface area contributed by atoms with Gasteiger partial charge in [0.05, 0.1) is 12.7 Å². The van der Waals surface area contributed by atoms with Gasteiger partial charge in [-0.25, -0.2) is 4.79 Å². The Kier molecular flexibility index (Phi) is 5.46. The highest BCUT2D eigenvalue weighted by Crippen LogP contribution is 2.22. The number of carbonyl (C=O) groups excluding carboxylic acids is 2. The van der Waals surface area contributed by atoms with Crippen molar-refractivity contribution in [3.63, 3.8) is 0 Å². The summed E-state index contributed by atoms with van der Waals surface area (Å²) >= 11 is 0. The molecule has 1 heterocycles. The Morgan fingerprint density at radius 3 is 2.48 bits per heavy atom. The van der Waals surface area contributed by atoms with Gasteiger partial charge in [-0.2, -0.15) is 0 Å². The second-order valence-electron chi connectivity index (χ2n) is 5.21. The first-order chi connectivity index (χ1) is 11.1. The monoisotopic (exact) mass is 312 g/mol. The molecule has 5 nitrogen and oxygen atoms in total. The van der Waals surface area contributed by atoms with E-state index in [-0.39, 0.29) is 5.91 Å². The van der Waals surface area contributed by atoms with Crippen LogP contribution in [0.15, 0.2) is 48.8 Å². The largest absolute Gasteiger partial charge is 0.467 e. The van der Waals surface area contributed by atoms with Crippen molar-refractivity contribution in [2.45, 2.75) is 26.3 Å². The van der Waals surface area contributed by atoms with E-state index < -0.39 is 12.0 Å². The Morgan fingerprint density at radius 2 is 1.91 bits per heavy atom. The number of hydrogen-bond donors (Lipinski definition) is 0. The number of rotatable bonds is 5. The zero-order chi connectivity index (χ0) is 16.8. The maximum Gasteiger partial charge on any atom is 0.328 e. The molecule has 0 spiro atoms. The van der Waals surface area contributed by atoms with Crippen LogP contribution in [0.3, 0.4) is 0 Å². The Labute approximate surface area is 135 Å². The highest BCUT2D eigenvalue weighted by molar-refractivity contribution is 6.09. The van der Waals surface area contributed by atoms with Crippen molar-refractivity contribution in [3.8, 4) is 0 Å². The van der Waals surface area contributed by atoms with Crippen molar-refractivity contribution in [3.05, 3.63) is 59.9 Å². The molecule has 2 rings (SSSR count). The molecule has 0 saturated heterocycles. The maximum atomic E-state index is 13.0. The van der Waals surface area contributed by atoms with Gasteiger partial charge in [-0.1, -0.05) is 25.1 Å². The van der Waals surface area contributed by atoms with E-state index in [9.17, 15) is 9.59 Å². The Bertz CT molecular complexity index is 686. The SMILES string of the molecule is CC[C@@H](C(=O)OC)N(C(=O)c1cncc(C)c1)c1ccccc1. The summed E-state index contributed by atoms with van der Waals surface area (Å²) in [5.41, 5.74) is 1.97. The quantitative estimate of drug-likeness (QED) is 0.796. The van der Waals surface area contributed by atoms with E-state index in [1.807, 2.05) is 32.0 Å². The predicted octanol–water partition coefficient (Wildman–Crippen LogP) is 2.99. The molecule has 0 aliphatic rings. The van der Waals surface area contributed by atoms with Gasteiger partial charge in [0.25, 0.3) is 5.91 Å². The molecule has 0 unspecified atom stereocenters. The first kappa shape index (κ1) is 16.7. The summed E-state index contributed by atoms with van der Waals surface area (Å²) < 4.78 is 4.87. The molecule has 0 bridgehead atoms. The van der Waals surface area contributed by atoms with Gasteiger partial charge in [0, 0.05) is 18.1 Å². The maximum absolute atomic E-state index is 13.0. The minimum Gasteiger partial charge on any atom is -0.467 e. The van der Waals surface area contributed by atoms with Crippen LogP contribution in [0.25, 0.3) is 0 Å². The lowest BCUT2D eigenvalue weighted by Crippen LogP contribution is -2.45. The van der Waals surface area contributed by atoms with Crippen molar-refractivity contribution in [2.75, 3.05) is 12.0 Å². The standard InChI is InChI=1S/C18H20N2O3/c1-4-16(18(22)23-3)20(15-8-6-5-7-9-15)17(21)14-10-13(2)11-19-12-14/h5-12,16H,4H2,1-3H3/t16-/m0/s1. The fourth-order valence-electron chi connectivity index (χ4n) is 2.43. The molecule has 0 fully saturated rings. The molecule has 1 aromatic carbocycles. The number of nitrogens with zero attached hydrogens (tertiary/aromatic N) is 2. The van der Waals surface area contributed by atoms with E-state index in [0.717, 1.165) is 5.56 Å². The average molecular weight is 312 g/mol. The summed E-state index contributed by atoms with van der Waals surface area (Å²) in [6, 6.07) is 10.2. The van der Waals surface area contributed by atoms with E-state index in [2.05, 4.69) is 4.98 Å². The van der Waals surface area contributed by atoms with E-state index in [4.69, 9.17) is 4.74 Å². The van der Waals surface area contributed by atoms with Gasteiger partial charge in [-0.05, 0) is 37.1 Å². The van der Waals surface area contributed by atoms with Gasteiger partial charge in [-0.3, -0.25) is 14.7 Å².